The van der Waals surface area contributed by atoms with E-state index in [1.807, 2.05) is 44.5 Å². The second-order valence-electron chi connectivity index (χ2n) is 7.34. The van der Waals surface area contributed by atoms with E-state index < -0.39 is 0 Å². The molecule has 3 rings (SSSR count). The summed E-state index contributed by atoms with van der Waals surface area (Å²) in [6.45, 7) is 6.49. The summed E-state index contributed by atoms with van der Waals surface area (Å²) >= 11 is 0. The Bertz CT molecular complexity index is 894. The maximum absolute atomic E-state index is 12.7. The van der Waals surface area contributed by atoms with Crippen molar-refractivity contribution in [2.75, 3.05) is 43.6 Å². The number of ketones is 1. The first-order valence-electron chi connectivity index (χ1n) is 10.2. The number of allylic oxidation sites excluding steroid dienone is 3. The number of carbonyl (C=O) groups is 1. The molecule has 152 valence electrons. The molecular formula is C25H30N2O2. The molecule has 0 fully saturated rings. The topological polar surface area (TPSA) is 32.8 Å². The SMILES string of the molecule is CCN(CC)c1cccc2c1OCC2C(=O)C=CC=Cc1ccc(N(C)C)cc1. The van der Waals surface area contributed by atoms with Crippen LogP contribution in [-0.4, -0.2) is 39.6 Å². The summed E-state index contributed by atoms with van der Waals surface area (Å²) in [7, 11) is 4.05. The molecule has 0 saturated carbocycles. The van der Waals surface area contributed by atoms with Gasteiger partial charge in [-0.05, 0) is 43.7 Å². The van der Waals surface area contributed by atoms with E-state index in [1.54, 1.807) is 6.08 Å². The number of carbonyl (C=O) groups excluding carboxylic acids is 1. The van der Waals surface area contributed by atoms with Crippen LogP contribution < -0.4 is 14.5 Å². The molecule has 1 aliphatic heterocycles. The number of rotatable bonds is 8. The number of hydrogen-bond acceptors (Lipinski definition) is 4. The highest BCUT2D eigenvalue weighted by Gasteiger charge is 2.31. The van der Waals surface area contributed by atoms with Gasteiger partial charge in [-0.25, -0.2) is 0 Å². The Morgan fingerprint density at radius 3 is 2.45 bits per heavy atom. The van der Waals surface area contributed by atoms with Gasteiger partial charge < -0.3 is 14.5 Å². The molecule has 0 amide bonds. The quantitative estimate of drug-likeness (QED) is 0.473. The van der Waals surface area contributed by atoms with Crippen LogP contribution in [-0.2, 0) is 4.79 Å². The summed E-state index contributed by atoms with van der Waals surface area (Å²) in [5.41, 5.74) is 4.34. The zero-order chi connectivity index (χ0) is 20.8. The summed E-state index contributed by atoms with van der Waals surface area (Å²) in [5, 5.41) is 0. The van der Waals surface area contributed by atoms with Gasteiger partial charge in [0.2, 0.25) is 0 Å². The summed E-state index contributed by atoms with van der Waals surface area (Å²) in [6.07, 6.45) is 7.37. The first kappa shape index (κ1) is 20.7. The smallest absolute Gasteiger partial charge is 0.166 e. The summed E-state index contributed by atoms with van der Waals surface area (Å²) in [6, 6.07) is 14.4. The molecular weight excluding hydrogens is 360 g/mol. The van der Waals surface area contributed by atoms with Gasteiger partial charge in [-0.3, -0.25) is 4.79 Å². The molecule has 0 N–H and O–H groups in total. The molecule has 2 aromatic carbocycles. The highest BCUT2D eigenvalue weighted by atomic mass is 16.5. The van der Waals surface area contributed by atoms with Gasteiger partial charge in [0.25, 0.3) is 0 Å². The Labute approximate surface area is 174 Å². The van der Waals surface area contributed by atoms with E-state index >= 15 is 0 Å². The Morgan fingerprint density at radius 2 is 1.79 bits per heavy atom. The number of fused-ring (bicyclic) bond motifs is 1. The number of benzene rings is 2. The average molecular weight is 391 g/mol. The van der Waals surface area contributed by atoms with E-state index in [0.717, 1.165) is 41.3 Å². The van der Waals surface area contributed by atoms with Crippen molar-refractivity contribution < 1.29 is 9.53 Å². The second kappa shape index (κ2) is 9.46. The van der Waals surface area contributed by atoms with Crippen LogP contribution in [0.3, 0.4) is 0 Å². The van der Waals surface area contributed by atoms with E-state index in [9.17, 15) is 4.79 Å². The molecule has 0 radical (unpaired) electrons. The summed E-state index contributed by atoms with van der Waals surface area (Å²) < 4.78 is 5.94. The minimum atomic E-state index is -0.232. The molecule has 0 aliphatic carbocycles. The van der Waals surface area contributed by atoms with E-state index in [0.29, 0.717) is 6.61 Å². The van der Waals surface area contributed by atoms with E-state index in [2.05, 4.69) is 54.0 Å². The van der Waals surface area contributed by atoms with Crippen LogP contribution >= 0.6 is 0 Å². The Kier molecular flexibility index (Phi) is 6.76. The van der Waals surface area contributed by atoms with Crippen molar-refractivity contribution in [2.24, 2.45) is 0 Å². The highest BCUT2D eigenvalue weighted by molar-refractivity contribution is 5.97. The maximum atomic E-state index is 12.7. The van der Waals surface area contributed by atoms with Gasteiger partial charge in [0.15, 0.2) is 5.78 Å². The van der Waals surface area contributed by atoms with Gasteiger partial charge in [0.1, 0.15) is 12.4 Å². The maximum Gasteiger partial charge on any atom is 0.166 e. The lowest BCUT2D eigenvalue weighted by atomic mass is 9.95. The van der Waals surface area contributed by atoms with E-state index in [-0.39, 0.29) is 11.7 Å². The van der Waals surface area contributed by atoms with Crippen LogP contribution in [0.15, 0.2) is 60.7 Å². The summed E-state index contributed by atoms with van der Waals surface area (Å²) in [5.74, 6) is 0.706. The molecule has 0 aromatic heterocycles. The van der Waals surface area contributed by atoms with Crippen LogP contribution in [0, 0.1) is 0 Å². The molecule has 2 aromatic rings. The predicted octanol–water partition coefficient (Wildman–Crippen LogP) is 4.91. The van der Waals surface area contributed by atoms with Crippen molar-refractivity contribution in [2.45, 2.75) is 19.8 Å². The second-order valence-corrected chi connectivity index (χ2v) is 7.34. The largest absolute Gasteiger partial charge is 0.490 e. The van der Waals surface area contributed by atoms with Crippen LogP contribution in [0.1, 0.15) is 30.9 Å². The van der Waals surface area contributed by atoms with Crippen molar-refractivity contribution >= 4 is 23.2 Å². The molecule has 0 saturated heterocycles. The number of anilines is 2. The Morgan fingerprint density at radius 1 is 1.07 bits per heavy atom. The fraction of sp³-hybridized carbons (Fsp3) is 0.320. The molecule has 4 nitrogen and oxygen atoms in total. The van der Waals surface area contributed by atoms with Gasteiger partial charge in [0.05, 0.1) is 11.6 Å². The predicted molar refractivity (Wildman–Crippen MR) is 122 cm³/mol. The fourth-order valence-electron chi connectivity index (χ4n) is 3.60. The van der Waals surface area contributed by atoms with Crippen LogP contribution in [0.25, 0.3) is 6.08 Å². The third-order valence-electron chi connectivity index (χ3n) is 5.31. The third-order valence-corrected chi connectivity index (χ3v) is 5.31. The first-order chi connectivity index (χ1) is 14.0. The molecule has 4 heteroatoms. The van der Waals surface area contributed by atoms with Crippen LogP contribution in [0.5, 0.6) is 5.75 Å². The standard InChI is InChI=1S/C25H30N2O2/c1-5-27(6-2)23-12-9-11-21-22(18-29-25(21)23)24(28)13-8-7-10-19-14-16-20(17-15-19)26(3)4/h7-17,22H,5-6,18H2,1-4H3. The van der Waals surface area contributed by atoms with Crippen molar-refractivity contribution in [1.82, 2.24) is 0 Å². The van der Waals surface area contributed by atoms with Crippen LogP contribution in [0.4, 0.5) is 11.4 Å². The highest BCUT2D eigenvalue weighted by Crippen LogP contribution is 2.41. The molecule has 1 aliphatic rings. The third kappa shape index (κ3) is 4.70. The van der Waals surface area contributed by atoms with E-state index in [4.69, 9.17) is 4.74 Å². The van der Waals surface area contributed by atoms with E-state index in [1.165, 1.54) is 0 Å². The zero-order valence-electron chi connectivity index (χ0n) is 17.8. The minimum Gasteiger partial charge on any atom is -0.490 e. The molecule has 1 heterocycles. The van der Waals surface area contributed by atoms with Gasteiger partial charge in [0, 0.05) is 38.4 Å². The lowest BCUT2D eigenvalue weighted by molar-refractivity contribution is -0.116. The molecule has 1 atom stereocenters. The number of para-hydroxylation sites is 1. The zero-order valence-corrected chi connectivity index (χ0v) is 17.8. The van der Waals surface area contributed by atoms with Crippen molar-refractivity contribution in [3.05, 3.63) is 71.8 Å². The monoisotopic (exact) mass is 390 g/mol. The summed E-state index contributed by atoms with van der Waals surface area (Å²) in [4.78, 5) is 17.1. The molecule has 1 unspecified atom stereocenters. The Hall–Kier alpha value is -3.01. The molecule has 0 spiro atoms. The van der Waals surface area contributed by atoms with Gasteiger partial charge in [-0.1, -0.05) is 42.5 Å². The van der Waals surface area contributed by atoms with Crippen molar-refractivity contribution in [3.63, 3.8) is 0 Å². The van der Waals surface area contributed by atoms with Gasteiger partial charge in [-0.15, -0.1) is 0 Å². The average Bonchev–Trinajstić information content (AvgIpc) is 3.17. The molecule has 0 bridgehead atoms. The lowest BCUT2D eigenvalue weighted by Crippen LogP contribution is -2.22. The van der Waals surface area contributed by atoms with Crippen LogP contribution in [0.2, 0.25) is 0 Å². The van der Waals surface area contributed by atoms with Crippen molar-refractivity contribution in [1.29, 1.82) is 0 Å². The normalized spacial score (nSPS) is 15.5. The number of hydrogen-bond donors (Lipinski definition) is 0. The minimum absolute atomic E-state index is 0.0769. The fourth-order valence-corrected chi connectivity index (χ4v) is 3.60. The van der Waals surface area contributed by atoms with Gasteiger partial charge in [-0.2, -0.15) is 0 Å². The number of nitrogens with zero attached hydrogens (tertiary/aromatic N) is 2. The van der Waals surface area contributed by atoms with Gasteiger partial charge >= 0.3 is 0 Å². The number of ether oxygens (including phenoxy) is 1. The first-order valence-corrected chi connectivity index (χ1v) is 10.2. The molecule has 29 heavy (non-hydrogen) atoms. The lowest BCUT2D eigenvalue weighted by Gasteiger charge is -2.23. The van der Waals surface area contributed by atoms with Crippen molar-refractivity contribution in [3.8, 4) is 5.75 Å². The Balaban J connectivity index is 1.67.